The summed E-state index contributed by atoms with van der Waals surface area (Å²) in [6, 6.07) is 5.46. The molecular weight excluding hydrogens is 308 g/mol. The molecule has 0 spiro atoms. The van der Waals surface area contributed by atoms with Crippen molar-refractivity contribution in [3.8, 4) is 5.75 Å². The average Bonchev–Trinajstić information content (AvgIpc) is 2.87. The number of nitrogens with one attached hydrogen (secondary N) is 1. The van der Waals surface area contributed by atoms with E-state index >= 15 is 0 Å². The van der Waals surface area contributed by atoms with E-state index < -0.39 is 0 Å². The zero-order valence-corrected chi connectivity index (χ0v) is 12.9. The van der Waals surface area contributed by atoms with Gasteiger partial charge in [0.05, 0.1) is 11.6 Å². The van der Waals surface area contributed by atoms with Crippen LogP contribution >= 0.6 is 15.9 Å². The number of ether oxygens (including phenoxy) is 1. The van der Waals surface area contributed by atoms with Gasteiger partial charge in [-0.3, -0.25) is 4.79 Å². The quantitative estimate of drug-likeness (QED) is 0.921. The third kappa shape index (κ3) is 3.28. The number of hydrogen-bond acceptors (Lipinski definition) is 3. The number of methoxy groups -OCH3 is 1. The van der Waals surface area contributed by atoms with Crippen molar-refractivity contribution < 1.29 is 9.53 Å². The molecule has 1 N–H and O–H groups in total. The van der Waals surface area contributed by atoms with Crippen LogP contribution in [0.4, 0.5) is 0 Å². The highest BCUT2D eigenvalue weighted by Crippen LogP contribution is 2.27. The average molecular weight is 327 g/mol. The Bertz CT molecular complexity index is 465. The van der Waals surface area contributed by atoms with Crippen molar-refractivity contribution in [1.82, 2.24) is 10.2 Å². The molecule has 19 heavy (non-hydrogen) atoms. The smallest absolute Gasteiger partial charge is 0.253 e. The summed E-state index contributed by atoms with van der Waals surface area (Å²) in [4.78, 5) is 14.3. The zero-order valence-electron chi connectivity index (χ0n) is 11.3. The van der Waals surface area contributed by atoms with Crippen LogP contribution in [-0.4, -0.2) is 44.6 Å². The van der Waals surface area contributed by atoms with E-state index in [2.05, 4.69) is 21.2 Å². The lowest BCUT2D eigenvalue weighted by Gasteiger charge is -2.17. The Morgan fingerprint density at radius 3 is 3.00 bits per heavy atom. The molecular formula is C14H19BrN2O2. The lowest BCUT2D eigenvalue weighted by molar-refractivity contribution is 0.0787. The molecule has 4 nitrogen and oxygen atoms in total. The first kappa shape index (κ1) is 14.3. The van der Waals surface area contributed by atoms with Gasteiger partial charge >= 0.3 is 0 Å². The molecule has 1 fully saturated rings. The summed E-state index contributed by atoms with van der Waals surface area (Å²) in [5.41, 5.74) is 0.706. The molecule has 1 aromatic carbocycles. The van der Waals surface area contributed by atoms with Crippen LogP contribution in [0, 0.1) is 5.92 Å². The third-order valence-electron chi connectivity index (χ3n) is 3.46. The minimum Gasteiger partial charge on any atom is -0.496 e. The number of benzene rings is 1. The highest BCUT2D eigenvalue weighted by Gasteiger charge is 2.26. The van der Waals surface area contributed by atoms with Gasteiger partial charge in [0, 0.05) is 18.7 Å². The number of carbonyl (C=O) groups excluding carboxylic acids is 1. The van der Waals surface area contributed by atoms with E-state index in [1.807, 2.05) is 30.1 Å². The molecule has 0 aliphatic carbocycles. The van der Waals surface area contributed by atoms with Gasteiger partial charge in [-0.1, -0.05) is 0 Å². The Morgan fingerprint density at radius 1 is 1.58 bits per heavy atom. The molecule has 0 saturated carbocycles. The molecule has 1 unspecified atom stereocenters. The maximum atomic E-state index is 12.4. The first-order valence-corrected chi connectivity index (χ1v) is 7.22. The minimum absolute atomic E-state index is 0.0990. The van der Waals surface area contributed by atoms with Crippen LogP contribution in [0.3, 0.4) is 0 Å². The second kappa shape index (κ2) is 6.39. The molecule has 1 amide bonds. The summed E-state index contributed by atoms with van der Waals surface area (Å²) in [6.07, 6.45) is 1.07. The Hall–Kier alpha value is -1.07. The van der Waals surface area contributed by atoms with E-state index in [4.69, 9.17) is 4.74 Å². The normalized spacial score (nSPS) is 18.7. The van der Waals surface area contributed by atoms with Crippen LogP contribution < -0.4 is 10.1 Å². The van der Waals surface area contributed by atoms with Crippen molar-refractivity contribution >= 4 is 21.8 Å². The molecule has 5 heteroatoms. The summed E-state index contributed by atoms with van der Waals surface area (Å²) in [5.74, 6) is 1.41. The van der Waals surface area contributed by atoms with Gasteiger partial charge < -0.3 is 15.0 Å². The maximum absolute atomic E-state index is 12.4. The highest BCUT2D eigenvalue weighted by atomic mass is 79.9. The van der Waals surface area contributed by atoms with E-state index in [0.717, 1.165) is 36.3 Å². The lowest BCUT2D eigenvalue weighted by Crippen LogP contribution is -2.30. The van der Waals surface area contributed by atoms with Gasteiger partial charge in [0.2, 0.25) is 0 Å². The van der Waals surface area contributed by atoms with Gasteiger partial charge in [-0.05, 0) is 60.1 Å². The number of rotatable bonds is 4. The summed E-state index contributed by atoms with van der Waals surface area (Å²) < 4.78 is 5.99. The van der Waals surface area contributed by atoms with Gasteiger partial charge in [-0.15, -0.1) is 0 Å². The first-order valence-electron chi connectivity index (χ1n) is 6.43. The van der Waals surface area contributed by atoms with E-state index in [1.54, 1.807) is 7.11 Å². The molecule has 0 bridgehead atoms. The van der Waals surface area contributed by atoms with Crippen LogP contribution in [0.5, 0.6) is 5.75 Å². The monoisotopic (exact) mass is 326 g/mol. The van der Waals surface area contributed by atoms with Crippen LogP contribution in [-0.2, 0) is 0 Å². The van der Waals surface area contributed by atoms with Crippen LogP contribution in [0.2, 0.25) is 0 Å². The molecule has 0 aromatic heterocycles. The van der Waals surface area contributed by atoms with Crippen molar-refractivity contribution in [3.63, 3.8) is 0 Å². The van der Waals surface area contributed by atoms with Crippen molar-refractivity contribution in [1.29, 1.82) is 0 Å². The van der Waals surface area contributed by atoms with Crippen molar-refractivity contribution in [2.45, 2.75) is 6.42 Å². The topological polar surface area (TPSA) is 41.6 Å². The van der Waals surface area contributed by atoms with Gasteiger partial charge in [-0.2, -0.15) is 0 Å². The fourth-order valence-corrected chi connectivity index (χ4v) is 3.00. The molecule has 1 saturated heterocycles. The molecule has 1 aromatic rings. The fraction of sp³-hybridized carbons (Fsp3) is 0.500. The first-order chi connectivity index (χ1) is 9.15. The predicted octanol–water partition coefficient (Wildman–Crippen LogP) is 2.14. The fourth-order valence-electron chi connectivity index (χ4n) is 2.45. The molecule has 2 rings (SSSR count). The molecule has 1 aliphatic rings. The largest absolute Gasteiger partial charge is 0.496 e. The van der Waals surface area contributed by atoms with Crippen molar-refractivity contribution in [3.05, 3.63) is 28.2 Å². The molecule has 0 radical (unpaired) electrons. The number of halogens is 1. The Morgan fingerprint density at radius 2 is 2.37 bits per heavy atom. The maximum Gasteiger partial charge on any atom is 0.253 e. The minimum atomic E-state index is 0.0990. The standard InChI is InChI=1S/C14H19BrN2O2/c1-16-8-10-5-6-17(9-10)14(18)11-3-4-13(19-2)12(15)7-11/h3-4,7,10,16H,5-6,8-9H2,1-2H3. The van der Waals surface area contributed by atoms with Gasteiger partial charge in [0.15, 0.2) is 0 Å². The van der Waals surface area contributed by atoms with E-state index in [1.165, 1.54) is 0 Å². The summed E-state index contributed by atoms with van der Waals surface area (Å²) in [5, 5.41) is 3.17. The van der Waals surface area contributed by atoms with Crippen molar-refractivity contribution in [2.75, 3.05) is 33.8 Å². The number of hydrogen-bond donors (Lipinski definition) is 1. The predicted molar refractivity (Wildman–Crippen MR) is 78.6 cm³/mol. The number of amides is 1. The number of nitrogens with zero attached hydrogens (tertiary/aromatic N) is 1. The number of likely N-dealkylation sites (tertiary alicyclic amines) is 1. The Balaban J connectivity index is 2.06. The van der Waals surface area contributed by atoms with Gasteiger partial charge in [-0.25, -0.2) is 0 Å². The van der Waals surface area contributed by atoms with Crippen LogP contribution in [0.15, 0.2) is 22.7 Å². The summed E-state index contributed by atoms with van der Waals surface area (Å²) in [6.45, 7) is 2.65. The van der Waals surface area contributed by atoms with Crippen molar-refractivity contribution in [2.24, 2.45) is 5.92 Å². The third-order valence-corrected chi connectivity index (χ3v) is 4.08. The molecule has 104 valence electrons. The SMILES string of the molecule is CNCC1CCN(C(=O)c2ccc(OC)c(Br)c2)C1. The van der Waals surface area contributed by atoms with E-state index in [-0.39, 0.29) is 5.91 Å². The number of carbonyl (C=O) groups is 1. The summed E-state index contributed by atoms with van der Waals surface area (Å²) >= 11 is 3.42. The zero-order chi connectivity index (χ0) is 13.8. The second-order valence-corrected chi connectivity index (χ2v) is 5.67. The molecule has 1 aliphatic heterocycles. The molecule has 1 atom stereocenters. The Kier molecular flexibility index (Phi) is 4.82. The van der Waals surface area contributed by atoms with Crippen LogP contribution in [0.1, 0.15) is 16.8 Å². The van der Waals surface area contributed by atoms with Gasteiger partial charge in [0.25, 0.3) is 5.91 Å². The van der Waals surface area contributed by atoms with E-state index in [0.29, 0.717) is 11.5 Å². The van der Waals surface area contributed by atoms with Gasteiger partial charge in [0.1, 0.15) is 5.75 Å². The summed E-state index contributed by atoms with van der Waals surface area (Å²) in [7, 11) is 3.56. The van der Waals surface area contributed by atoms with Crippen LogP contribution in [0.25, 0.3) is 0 Å². The lowest BCUT2D eigenvalue weighted by atomic mass is 10.1. The second-order valence-electron chi connectivity index (χ2n) is 4.81. The molecule has 1 heterocycles. The highest BCUT2D eigenvalue weighted by molar-refractivity contribution is 9.10. The Labute approximate surface area is 122 Å². The van der Waals surface area contributed by atoms with E-state index in [9.17, 15) is 4.79 Å².